The maximum atomic E-state index is 5.93. The lowest BCUT2D eigenvalue weighted by atomic mass is 9.96. The number of halogens is 1. The number of benzene rings is 1. The van der Waals surface area contributed by atoms with Crippen molar-refractivity contribution in [3.63, 3.8) is 0 Å². The number of nitrogens with zero attached hydrogens (tertiary/aromatic N) is 1. The van der Waals surface area contributed by atoms with Crippen molar-refractivity contribution in [1.29, 1.82) is 0 Å². The molecule has 96 valence electrons. The van der Waals surface area contributed by atoms with Gasteiger partial charge in [0.05, 0.1) is 0 Å². The summed E-state index contributed by atoms with van der Waals surface area (Å²) in [6.07, 6.45) is 1.84. The molecule has 2 rings (SSSR count). The molecule has 4 heteroatoms. The minimum Gasteiger partial charge on any atom is -0.303 e. The molecule has 1 atom stereocenters. The normalized spacial score (nSPS) is 12.9. The van der Waals surface area contributed by atoms with Crippen molar-refractivity contribution < 1.29 is 0 Å². The van der Waals surface area contributed by atoms with Crippen LogP contribution in [0.2, 0.25) is 5.02 Å². The zero-order chi connectivity index (χ0) is 13.0. The van der Waals surface area contributed by atoms with Gasteiger partial charge in [0.1, 0.15) is 5.01 Å². The lowest BCUT2D eigenvalue weighted by Gasteiger charge is -2.22. The second-order valence-electron chi connectivity index (χ2n) is 4.58. The van der Waals surface area contributed by atoms with Gasteiger partial charge in [-0.15, -0.1) is 11.3 Å². The van der Waals surface area contributed by atoms with Crippen LogP contribution >= 0.6 is 22.9 Å². The Kier molecular flexibility index (Phi) is 4.75. The van der Waals surface area contributed by atoms with Crippen molar-refractivity contribution >= 4 is 22.9 Å². The number of aromatic nitrogens is 1. The highest BCUT2D eigenvalue weighted by molar-refractivity contribution is 7.09. The molecule has 2 nitrogen and oxygen atoms in total. The van der Waals surface area contributed by atoms with E-state index in [9.17, 15) is 0 Å². The lowest BCUT2D eigenvalue weighted by Crippen LogP contribution is -2.25. The van der Waals surface area contributed by atoms with E-state index in [1.54, 1.807) is 11.3 Å². The highest BCUT2D eigenvalue weighted by Gasteiger charge is 2.15. The van der Waals surface area contributed by atoms with Crippen molar-refractivity contribution in [1.82, 2.24) is 10.3 Å². The summed E-state index contributed by atoms with van der Waals surface area (Å²) in [7, 11) is 0. The van der Waals surface area contributed by atoms with E-state index in [-0.39, 0.29) is 0 Å². The molecule has 0 saturated heterocycles. The van der Waals surface area contributed by atoms with E-state index in [0.717, 1.165) is 16.6 Å². The third-order valence-corrected chi connectivity index (χ3v) is 3.88. The molecule has 1 aromatic heterocycles. The highest BCUT2D eigenvalue weighted by atomic mass is 35.5. The number of hydrogen-bond acceptors (Lipinski definition) is 3. The molecule has 1 N–H and O–H groups in total. The highest BCUT2D eigenvalue weighted by Crippen LogP contribution is 2.23. The Morgan fingerprint density at radius 3 is 2.56 bits per heavy atom. The van der Waals surface area contributed by atoms with E-state index < -0.39 is 0 Å². The van der Waals surface area contributed by atoms with Crippen LogP contribution in [0.25, 0.3) is 0 Å². The molecule has 0 fully saturated rings. The molecule has 0 aliphatic heterocycles. The Labute approximate surface area is 117 Å². The minimum atomic E-state index is 0.325. The van der Waals surface area contributed by atoms with Crippen LogP contribution in [-0.2, 0) is 6.54 Å². The van der Waals surface area contributed by atoms with Crippen molar-refractivity contribution in [3.05, 3.63) is 51.4 Å². The van der Waals surface area contributed by atoms with Gasteiger partial charge >= 0.3 is 0 Å². The zero-order valence-electron chi connectivity index (χ0n) is 10.6. The first-order valence-corrected chi connectivity index (χ1v) is 7.30. The van der Waals surface area contributed by atoms with Gasteiger partial charge in [-0.1, -0.05) is 37.6 Å². The molecule has 1 aromatic carbocycles. The third-order valence-electron chi connectivity index (χ3n) is 2.85. The van der Waals surface area contributed by atoms with Crippen LogP contribution in [0.4, 0.5) is 0 Å². The fraction of sp³-hybridized carbons (Fsp3) is 0.357. The molecule has 18 heavy (non-hydrogen) atoms. The van der Waals surface area contributed by atoms with Gasteiger partial charge in [0.2, 0.25) is 0 Å². The average molecular weight is 281 g/mol. The molecule has 0 spiro atoms. The topological polar surface area (TPSA) is 24.9 Å². The second kappa shape index (κ2) is 6.32. The minimum absolute atomic E-state index is 0.325. The SMILES string of the molecule is CC(C)C(NCc1nccs1)c1ccc(Cl)cc1. The van der Waals surface area contributed by atoms with Crippen LogP contribution in [0.5, 0.6) is 0 Å². The summed E-state index contributed by atoms with van der Waals surface area (Å²) >= 11 is 7.61. The molecule has 1 unspecified atom stereocenters. The quantitative estimate of drug-likeness (QED) is 0.884. The van der Waals surface area contributed by atoms with Crippen LogP contribution in [0, 0.1) is 5.92 Å². The first-order valence-electron chi connectivity index (χ1n) is 6.04. The van der Waals surface area contributed by atoms with Gasteiger partial charge in [-0.25, -0.2) is 4.98 Å². The van der Waals surface area contributed by atoms with Gasteiger partial charge < -0.3 is 5.32 Å². The maximum Gasteiger partial charge on any atom is 0.106 e. The fourth-order valence-corrected chi connectivity index (χ4v) is 2.64. The lowest BCUT2D eigenvalue weighted by molar-refractivity contribution is 0.410. The molecular weight excluding hydrogens is 264 g/mol. The summed E-state index contributed by atoms with van der Waals surface area (Å²) in [6, 6.07) is 8.38. The Balaban J connectivity index is 2.06. The summed E-state index contributed by atoms with van der Waals surface area (Å²) in [6.45, 7) is 5.24. The van der Waals surface area contributed by atoms with Crippen LogP contribution in [-0.4, -0.2) is 4.98 Å². The molecule has 1 heterocycles. The van der Waals surface area contributed by atoms with Gasteiger partial charge in [-0.3, -0.25) is 0 Å². The van der Waals surface area contributed by atoms with E-state index in [2.05, 4.69) is 36.3 Å². The molecular formula is C14H17ClN2S. The van der Waals surface area contributed by atoms with E-state index in [1.807, 2.05) is 23.7 Å². The smallest absolute Gasteiger partial charge is 0.106 e. The second-order valence-corrected chi connectivity index (χ2v) is 6.00. The fourth-order valence-electron chi connectivity index (χ4n) is 1.95. The van der Waals surface area contributed by atoms with Gasteiger partial charge in [0.15, 0.2) is 0 Å². The largest absolute Gasteiger partial charge is 0.303 e. The van der Waals surface area contributed by atoms with Gasteiger partial charge in [0.25, 0.3) is 0 Å². The first kappa shape index (κ1) is 13.5. The summed E-state index contributed by atoms with van der Waals surface area (Å²) < 4.78 is 0. The van der Waals surface area contributed by atoms with Crippen LogP contribution in [0.1, 0.15) is 30.5 Å². The number of nitrogens with one attached hydrogen (secondary N) is 1. The Morgan fingerprint density at radius 1 is 1.28 bits per heavy atom. The predicted octanol–water partition coefficient (Wildman–Crippen LogP) is 4.28. The number of thiazole rings is 1. The maximum absolute atomic E-state index is 5.93. The monoisotopic (exact) mass is 280 g/mol. The van der Waals surface area contributed by atoms with E-state index >= 15 is 0 Å². The Morgan fingerprint density at radius 2 is 2.00 bits per heavy atom. The molecule has 2 aromatic rings. The molecule has 0 aliphatic carbocycles. The van der Waals surface area contributed by atoms with Crippen LogP contribution < -0.4 is 5.32 Å². The van der Waals surface area contributed by atoms with Crippen molar-refractivity contribution in [2.24, 2.45) is 5.92 Å². The summed E-state index contributed by atoms with van der Waals surface area (Å²) in [5.74, 6) is 0.520. The molecule has 0 bridgehead atoms. The standard InChI is InChI=1S/C14H17ClN2S/c1-10(2)14(11-3-5-12(15)6-4-11)17-9-13-16-7-8-18-13/h3-8,10,14,17H,9H2,1-2H3. The first-order chi connectivity index (χ1) is 8.66. The molecule has 0 amide bonds. The number of rotatable bonds is 5. The summed E-state index contributed by atoms with van der Waals surface area (Å²) in [5.41, 5.74) is 1.27. The summed E-state index contributed by atoms with van der Waals surface area (Å²) in [4.78, 5) is 4.29. The zero-order valence-corrected chi connectivity index (χ0v) is 12.1. The number of hydrogen-bond donors (Lipinski definition) is 1. The van der Waals surface area contributed by atoms with Crippen molar-refractivity contribution in [2.45, 2.75) is 26.4 Å². The molecule has 0 saturated carbocycles. The van der Waals surface area contributed by atoms with Crippen LogP contribution in [0.15, 0.2) is 35.8 Å². The van der Waals surface area contributed by atoms with E-state index in [4.69, 9.17) is 11.6 Å². The van der Waals surface area contributed by atoms with Crippen molar-refractivity contribution in [2.75, 3.05) is 0 Å². The Bertz CT molecular complexity index is 465. The van der Waals surface area contributed by atoms with Crippen LogP contribution in [0.3, 0.4) is 0 Å². The molecule has 0 aliphatic rings. The van der Waals surface area contributed by atoms with Gasteiger partial charge in [-0.05, 0) is 23.6 Å². The van der Waals surface area contributed by atoms with E-state index in [1.165, 1.54) is 5.56 Å². The average Bonchev–Trinajstić information content (AvgIpc) is 2.84. The van der Waals surface area contributed by atoms with Gasteiger partial charge in [-0.2, -0.15) is 0 Å². The molecule has 0 radical (unpaired) electrons. The van der Waals surface area contributed by atoms with E-state index in [0.29, 0.717) is 12.0 Å². The van der Waals surface area contributed by atoms with Gasteiger partial charge in [0, 0.05) is 29.2 Å². The van der Waals surface area contributed by atoms with Crippen molar-refractivity contribution in [3.8, 4) is 0 Å². The Hall–Kier alpha value is -0.900. The summed E-state index contributed by atoms with van der Waals surface area (Å²) in [5, 5.41) is 7.46. The predicted molar refractivity (Wildman–Crippen MR) is 78.0 cm³/mol. The third kappa shape index (κ3) is 3.55.